The number of aliphatic hydroxyl groups excluding tert-OH is 1. The van der Waals surface area contributed by atoms with Gasteiger partial charge in [-0.15, -0.1) is 0 Å². The van der Waals surface area contributed by atoms with E-state index in [0.717, 1.165) is 64.2 Å². The molecule has 0 aliphatic heterocycles. The van der Waals surface area contributed by atoms with Crippen molar-refractivity contribution in [2.24, 2.45) is 0 Å². The zero-order valence-corrected chi connectivity index (χ0v) is 36.0. The van der Waals surface area contributed by atoms with E-state index in [1.165, 1.54) is 141 Å². The van der Waals surface area contributed by atoms with E-state index in [1.807, 2.05) is 0 Å². The number of unbranched alkanes of at least 4 members (excludes halogenated alkanes) is 25. The van der Waals surface area contributed by atoms with Crippen LogP contribution in [0, 0.1) is 0 Å². The van der Waals surface area contributed by atoms with Gasteiger partial charge in [0.05, 0.1) is 13.2 Å². The minimum Gasteiger partial charge on any atom is -0.457 e. The van der Waals surface area contributed by atoms with Crippen LogP contribution in [0.25, 0.3) is 0 Å². The molecule has 0 aromatic carbocycles. The molecule has 4 nitrogen and oxygen atoms in total. The summed E-state index contributed by atoms with van der Waals surface area (Å²) in [5, 5.41) is 9.63. The van der Waals surface area contributed by atoms with Crippen molar-refractivity contribution in [3.05, 3.63) is 60.8 Å². The molecule has 0 amide bonds. The van der Waals surface area contributed by atoms with E-state index >= 15 is 0 Å². The summed E-state index contributed by atoms with van der Waals surface area (Å²) >= 11 is 0. The van der Waals surface area contributed by atoms with Crippen LogP contribution in [0.15, 0.2) is 60.8 Å². The summed E-state index contributed by atoms with van der Waals surface area (Å²) in [5.74, 6) is -0.217. The van der Waals surface area contributed by atoms with E-state index in [0.29, 0.717) is 13.0 Å². The zero-order chi connectivity index (χ0) is 39.1. The first kappa shape index (κ1) is 52.1. The van der Waals surface area contributed by atoms with Crippen molar-refractivity contribution in [3.8, 4) is 0 Å². The molecule has 1 unspecified atom stereocenters. The van der Waals surface area contributed by atoms with Gasteiger partial charge in [-0.2, -0.15) is 0 Å². The molecule has 0 fully saturated rings. The highest BCUT2D eigenvalue weighted by molar-refractivity contribution is 5.69. The van der Waals surface area contributed by atoms with E-state index in [2.05, 4.69) is 74.6 Å². The van der Waals surface area contributed by atoms with Gasteiger partial charge in [-0.05, 0) is 57.8 Å². The average molecular weight is 755 g/mol. The second-order valence-corrected chi connectivity index (χ2v) is 15.5. The fourth-order valence-electron chi connectivity index (χ4n) is 6.65. The molecule has 0 aliphatic carbocycles. The summed E-state index contributed by atoms with van der Waals surface area (Å²) in [7, 11) is 0. The van der Waals surface area contributed by atoms with Crippen LogP contribution in [0.5, 0.6) is 0 Å². The molecule has 0 bridgehead atoms. The Kier molecular flexibility index (Phi) is 45.6. The number of esters is 1. The van der Waals surface area contributed by atoms with Crippen LogP contribution in [0.4, 0.5) is 0 Å². The van der Waals surface area contributed by atoms with Gasteiger partial charge in [0.1, 0.15) is 6.10 Å². The third kappa shape index (κ3) is 44.5. The monoisotopic (exact) mass is 755 g/mol. The maximum atomic E-state index is 12.2. The van der Waals surface area contributed by atoms with E-state index < -0.39 is 6.10 Å². The van der Waals surface area contributed by atoms with Crippen molar-refractivity contribution in [2.45, 2.75) is 232 Å². The molecule has 0 heterocycles. The molecule has 0 saturated carbocycles. The highest BCUT2D eigenvalue weighted by Crippen LogP contribution is 2.15. The summed E-state index contributed by atoms with van der Waals surface area (Å²) in [6.07, 6.45) is 62.9. The van der Waals surface area contributed by atoms with Crippen molar-refractivity contribution in [2.75, 3.05) is 19.8 Å². The first-order valence-electron chi connectivity index (χ1n) is 23.4. The number of carbonyl (C=O) groups is 1. The number of rotatable bonds is 43. The summed E-state index contributed by atoms with van der Waals surface area (Å²) in [4.78, 5) is 12.2. The lowest BCUT2D eigenvalue weighted by molar-refractivity contribution is -0.154. The predicted molar refractivity (Wildman–Crippen MR) is 237 cm³/mol. The molecule has 0 spiro atoms. The first-order valence-corrected chi connectivity index (χ1v) is 23.4. The molecule has 0 saturated heterocycles. The Morgan fingerprint density at radius 1 is 0.463 bits per heavy atom. The lowest BCUT2D eigenvalue weighted by Gasteiger charge is -2.15. The van der Waals surface area contributed by atoms with E-state index in [-0.39, 0.29) is 19.2 Å². The predicted octanol–water partition coefficient (Wildman–Crippen LogP) is 15.6. The number of allylic oxidation sites excluding steroid dienone is 10. The molecule has 1 N–H and O–H groups in total. The Morgan fingerprint density at radius 3 is 1.26 bits per heavy atom. The second kappa shape index (κ2) is 47.2. The molecule has 0 rings (SSSR count). The van der Waals surface area contributed by atoms with Gasteiger partial charge >= 0.3 is 5.97 Å². The number of hydrogen-bond acceptors (Lipinski definition) is 4. The van der Waals surface area contributed by atoms with Crippen LogP contribution in [0.2, 0.25) is 0 Å². The molecular weight excluding hydrogens is 665 g/mol. The van der Waals surface area contributed by atoms with Gasteiger partial charge in [-0.25, -0.2) is 0 Å². The molecule has 0 aromatic heterocycles. The van der Waals surface area contributed by atoms with Gasteiger partial charge in [0.2, 0.25) is 0 Å². The Morgan fingerprint density at radius 2 is 0.833 bits per heavy atom. The van der Waals surface area contributed by atoms with E-state index in [1.54, 1.807) is 0 Å². The van der Waals surface area contributed by atoms with Gasteiger partial charge in [0, 0.05) is 13.0 Å². The van der Waals surface area contributed by atoms with Crippen molar-refractivity contribution >= 4 is 5.97 Å². The maximum Gasteiger partial charge on any atom is 0.306 e. The number of aliphatic hydroxyl groups is 1. The minimum absolute atomic E-state index is 0.180. The fraction of sp³-hybridized carbons (Fsp3) is 0.780. The Hall–Kier alpha value is -1.91. The van der Waals surface area contributed by atoms with E-state index in [4.69, 9.17) is 9.47 Å². The number of hydrogen-bond donors (Lipinski definition) is 1. The lowest BCUT2D eigenvalue weighted by Crippen LogP contribution is -2.27. The van der Waals surface area contributed by atoms with Crippen LogP contribution in [-0.2, 0) is 14.3 Å². The quantitative estimate of drug-likeness (QED) is 0.0383. The maximum absolute atomic E-state index is 12.2. The third-order valence-electron chi connectivity index (χ3n) is 10.1. The normalized spacial score (nSPS) is 12.9. The van der Waals surface area contributed by atoms with Crippen molar-refractivity contribution in [1.82, 2.24) is 0 Å². The van der Waals surface area contributed by atoms with Gasteiger partial charge in [-0.3, -0.25) is 4.79 Å². The fourth-order valence-corrected chi connectivity index (χ4v) is 6.65. The van der Waals surface area contributed by atoms with Crippen molar-refractivity contribution in [3.63, 3.8) is 0 Å². The molecule has 0 aromatic rings. The van der Waals surface area contributed by atoms with Crippen molar-refractivity contribution < 1.29 is 19.4 Å². The molecule has 0 aliphatic rings. The highest BCUT2D eigenvalue weighted by Gasteiger charge is 2.13. The summed E-state index contributed by atoms with van der Waals surface area (Å²) in [6, 6.07) is 0. The molecule has 1 atom stereocenters. The minimum atomic E-state index is -0.545. The van der Waals surface area contributed by atoms with Crippen LogP contribution in [0.1, 0.15) is 226 Å². The molecule has 54 heavy (non-hydrogen) atoms. The molecule has 314 valence electrons. The largest absolute Gasteiger partial charge is 0.457 e. The molecular formula is C50H90O4. The van der Waals surface area contributed by atoms with Gasteiger partial charge < -0.3 is 14.6 Å². The van der Waals surface area contributed by atoms with Gasteiger partial charge in [-0.1, -0.05) is 222 Å². The Labute approximate surface area is 336 Å². The van der Waals surface area contributed by atoms with E-state index in [9.17, 15) is 9.90 Å². The zero-order valence-electron chi connectivity index (χ0n) is 36.0. The molecule has 0 radical (unpaired) electrons. The SMILES string of the molecule is CC/C=C\C/C=C\C/C=C\C/C=C\C/C=C\CCCCCCCC(=O)OC(CO)COCCCCCCCCCCCCCCCCCCCCCCC. The van der Waals surface area contributed by atoms with Crippen molar-refractivity contribution in [1.29, 1.82) is 0 Å². The smallest absolute Gasteiger partial charge is 0.306 e. The summed E-state index contributed by atoms with van der Waals surface area (Å²) in [5.41, 5.74) is 0. The van der Waals surface area contributed by atoms with Crippen LogP contribution < -0.4 is 0 Å². The van der Waals surface area contributed by atoms with Crippen LogP contribution >= 0.6 is 0 Å². The van der Waals surface area contributed by atoms with Gasteiger partial charge in [0.25, 0.3) is 0 Å². The van der Waals surface area contributed by atoms with Gasteiger partial charge in [0.15, 0.2) is 0 Å². The first-order chi connectivity index (χ1) is 26.7. The van der Waals surface area contributed by atoms with Crippen LogP contribution in [0.3, 0.4) is 0 Å². The third-order valence-corrected chi connectivity index (χ3v) is 10.1. The second-order valence-electron chi connectivity index (χ2n) is 15.5. The molecule has 4 heteroatoms. The average Bonchev–Trinajstić information content (AvgIpc) is 3.18. The summed E-state index contributed by atoms with van der Waals surface area (Å²) in [6.45, 7) is 5.24. The number of ether oxygens (including phenoxy) is 2. The highest BCUT2D eigenvalue weighted by atomic mass is 16.6. The standard InChI is InChI=1S/C50H90O4/c1-3-5-7-9-11-13-15-17-19-21-23-25-27-29-31-33-35-37-39-41-43-45-50(52)54-49(47-51)48-53-46-44-42-40-38-36-34-32-30-28-26-24-22-20-18-16-14-12-10-8-6-4-2/h5,7,11,13,17,19,23,25,29,31,49,51H,3-4,6,8-10,12,14-16,18,20-22,24,26-28,30,32-48H2,1-2H3/b7-5-,13-11-,19-17-,25-23-,31-29-. The number of carbonyl (C=O) groups excluding carboxylic acids is 1. The Balaban J connectivity index is 3.45. The summed E-state index contributed by atoms with van der Waals surface area (Å²) < 4.78 is 11.2. The topological polar surface area (TPSA) is 55.8 Å². The Bertz CT molecular complexity index is 885. The van der Waals surface area contributed by atoms with Crippen LogP contribution in [-0.4, -0.2) is 37.0 Å². The lowest BCUT2D eigenvalue weighted by atomic mass is 10.0.